The number of carbonyl (C=O) groups excluding carboxylic acids is 1. The average molecular weight is 285 g/mol. The van der Waals surface area contributed by atoms with E-state index in [1.165, 1.54) is 44.9 Å². The number of hydrogen-bond donors (Lipinski definition) is 2. The summed E-state index contributed by atoms with van der Waals surface area (Å²) in [5, 5.41) is 8.96. The van der Waals surface area contributed by atoms with Crippen molar-refractivity contribution in [3.63, 3.8) is 0 Å². The molecule has 118 valence electrons. The minimum Gasteiger partial charge on any atom is -0.481 e. The summed E-state index contributed by atoms with van der Waals surface area (Å²) in [5.74, 6) is -2.02. The van der Waals surface area contributed by atoms with Gasteiger partial charge < -0.3 is 10.8 Å². The molecule has 1 unspecified atom stereocenters. The third-order valence-corrected chi connectivity index (χ3v) is 3.70. The van der Waals surface area contributed by atoms with E-state index in [9.17, 15) is 9.59 Å². The molecule has 0 saturated carbocycles. The van der Waals surface area contributed by atoms with Gasteiger partial charge in [0.25, 0.3) is 0 Å². The highest BCUT2D eigenvalue weighted by molar-refractivity contribution is 5.80. The zero-order valence-electron chi connectivity index (χ0n) is 12.9. The lowest BCUT2D eigenvalue weighted by Gasteiger charge is -2.09. The van der Waals surface area contributed by atoms with Gasteiger partial charge in [-0.3, -0.25) is 9.59 Å². The molecule has 0 fully saturated rings. The second kappa shape index (κ2) is 12.9. The van der Waals surface area contributed by atoms with Gasteiger partial charge in [-0.2, -0.15) is 0 Å². The fraction of sp³-hybridized carbons (Fsp3) is 0.875. The molecule has 0 aliphatic rings. The van der Waals surface area contributed by atoms with Gasteiger partial charge in [-0.1, -0.05) is 71.1 Å². The molecule has 4 heteroatoms. The Bertz CT molecular complexity index is 266. The number of amides is 1. The first-order chi connectivity index (χ1) is 9.57. The Morgan fingerprint density at radius 2 is 1.35 bits per heavy atom. The molecule has 0 heterocycles. The fourth-order valence-electron chi connectivity index (χ4n) is 2.43. The number of carboxylic acid groups (broad SMARTS) is 1. The molecule has 0 aromatic rings. The first-order valence-corrected chi connectivity index (χ1v) is 8.09. The van der Waals surface area contributed by atoms with Crippen LogP contribution in [0.4, 0.5) is 0 Å². The van der Waals surface area contributed by atoms with Crippen molar-refractivity contribution in [1.29, 1.82) is 0 Å². The van der Waals surface area contributed by atoms with Crippen LogP contribution in [0.2, 0.25) is 0 Å². The zero-order chi connectivity index (χ0) is 15.2. The van der Waals surface area contributed by atoms with Gasteiger partial charge in [-0.15, -0.1) is 0 Å². The number of carboxylic acids is 1. The maximum absolute atomic E-state index is 10.9. The number of primary amides is 1. The standard InChI is InChI=1S/C16H31NO3/c1-2-3-4-5-6-7-8-9-10-11-12-14(16(19)20)13-15(17)18/h14H,2-13H2,1H3,(H2,17,18)(H,19,20). The molecule has 0 aromatic carbocycles. The monoisotopic (exact) mass is 285 g/mol. The molecule has 20 heavy (non-hydrogen) atoms. The van der Waals surface area contributed by atoms with Crippen LogP contribution in [0.15, 0.2) is 0 Å². The highest BCUT2D eigenvalue weighted by Crippen LogP contribution is 2.16. The van der Waals surface area contributed by atoms with Gasteiger partial charge in [0.05, 0.1) is 5.92 Å². The van der Waals surface area contributed by atoms with Gasteiger partial charge in [0, 0.05) is 6.42 Å². The van der Waals surface area contributed by atoms with Gasteiger partial charge in [0.1, 0.15) is 0 Å². The molecule has 1 atom stereocenters. The number of carbonyl (C=O) groups is 2. The Labute approximate surface area is 123 Å². The normalized spacial score (nSPS) is 12.2. The van der Waals surface area contributed by atoms with Crippen LogP contribution in [0.25, 0.3) is 0 Å². The van der Waals surface area contributed by atoms with E-state index in [4.69, 9.17) is 10.8 Å². The predicted octanol–water partition coefficient (Wildman–Crippen LogP) is 3.87. The predicted molar refractivity (Wildman–Crippen MR) is 81.4 cm³/mol. The largest absolute Gasteiger partial charge is 0.481 e. The summed E-state index contributed by atoms with van der Waals surface area (Å²) in [6.07, 6.45) is 12.8. The van der Waals surface area contributed by atoms with Crippen LogP contribution < -0.4 is 5.73 Å². The van der Waals surface area contributed by atoms with E-state index in [1.54, 1.807) is 0 Å². The quantitative estimate of drug-likeness (QED) is 0.475. The van der Waals surface area contributed by atoms with E-state index in [0.29, 0.717) is 6.42 Å². The molecular weight excluding hydrogens is 254 g/mol. The molecule has 0 aliphatic heterocycles. The van der Waals surface area contributed by atoms with Crippen LogP contribution >= 0.6 is 0 Å². The molecule has 0 rings (SSSR count). The van der Waals surface area contributed by atoms with Gasteiger partial charge in [-0.05, 0) is 6.42 Å². The van der Waals surface area contributed by atoms with Gasteiger partial charge in [0.15, 0.2) is 0 Å². The van der Waals surface area contributed by atoms with Crippen molar-refractivity contribution in [2.75, 3.05) is 0 Å². The number of hydrogen-bond acceptors (Lipinski definition) is 2. The fourth-order valence-corrected chi connectivity index (χ4v) is 2.43. The smallest absolute Gasteiger partial charge is 0.307 e. The lowest BCUT2D eigenvalue weighted by Crippen LogP contribution is -2.22. The van der Waals surface area contributed by atoms with Crippen molar-refractivity contribution in [1.82, 2.24) is 0 Å². The summed E-state index contributed by atoms with van der Waals surface area (Å²) >= 11 is 0. The summed E-state index contributed by atoms with van der Waals surface area (Å²) in [6, 6.07) is 0. The molecule has 0 saturated heterocycles. The highest BCUT2D eigenvalue weighted by Gasteiger charge is 2.18. The van der Waals surface area contributed by atoms with E-state index >= 15 is 0 Å². The molecule has 0 aliphatic carbocycles. The van der Waals surface area contributed by atoms with Crippen LogP contribution in [0.1, 0.15) is 84.0 Å². The Morgan fingerprint density at radius 3 is 1.75 bits per heavy atom. The van der Waals surface area contributed by atoms with Crippen LogP contribution in [0.3, 0.4) is 0 Å². The second-order valence-corrected chi connectivity index (χ2v) is 5.68. The maximum atomic E-state index is 10.9. The minimum atomic E-state index is -0.903. The Kier molecular flexibility index (Phi) is 12.3. The van der Waals surface area contributed by atoms with E-state index in [1.807, 2.05) is 0 Å². The molecule has 0 spiro atoms. The molecular formula is C16H31NO3. The summed E-state index contributed by atoms with van der Waals surface area (Å²) in [6.45, 7) is 2.22. The summed E-state index contributed by atoms with van der Waals surface area (Å²) < 4.78 is 0. The maximum Gasteiger partial charge on any atom is 0.307 e. The van der Waals surface area contributed by atoms with Crippen molar-refractivity contribution in [2.24, 2.45) is 11.7 Å². The molecule has 1 amide bonds. The highest BCUT2D eigenvalue weighted by atomic mass is 16.4. The van der Waals surface area contributed by atoms with Crippen molar-refractivity contribution < 1.29 is 14.7 Å². The SMILES string of the molecule is CCCCCCCCCCCCC(CC(N)=O)C(=O)O. The average Bonchev–Trinajstić information content (AvgIpc) is 2.39. The lowest BCUT2D eigenvalue weighted by molar-refractivity contribution is -0.144. The first kappa shape index (κ1) is 18.9. The first-order valence-electron chi connectivity index (χ1n) is 8.09. The van der Waals surface area contributed by atoms with Crippen LogP contribution in [-0.4, -0.2) is 17.0 Å². The summed E-state index contributed by atoms with van der Waals surface area (Å²) in [7, 11) is 0. The van der Waals surface area contributed by atoms with Gasteiger partial charge in [-0.25, -0.2) is 0 Å². The molecule has 0 radical (unpaired) electrons. The van der Waals surface area contributed by atoms with Crippen molar-refractivity contribution in [3.8, 4) is 0 Å². The number of nitrogens with two attached hydrogens (primary N) is 1. The third kappa shape index (κ3) is 12.0. The van der Waals surface area contributed by atoms with E-state index in [2.05, 4.69) is 6.92 Å². The van der Waals surface area contributed by atoms with Gasteiger partial charge in [0.2, 0.25) is 5.91 Å². The number of aliphatic carboxylic acids is 1. The Balaban J connectivity index is 3.41. The summed E-state index contributed by atoms with van der Waals surface area (Å²) in [5.41, 5.74) is 5.05. The van der Waals surface area contributed by atoms with Crippen molar-refractivity contribution >= 4 is 11.9 Å². The van der Waals surface area contributed by atoms with Crippen LogP contribution in [0, 0.1) is 5.92 Å². The van der Waals surface area contributed by atoms with Gasteiger partial charge >= 0.3 is 5.97 Å². The Hall–Kier alpha value is -1.06. The topological polar surface area (TPSA) is 80.4 Å². The second-order valence-electron chi connectivity index (χ2n) is 5.68. The number of rotatable bonds is 14. The number of unbranched alkanes of at least 4 members (excludes halogenated alkanes) is 9. The van der Waals surface area contributed by atoms with Crippen LogP contribution in [-0.2, 0) is 9.59 Å². The molecule has 0 bridgehead atoms. The Morgan fingerprint density at radius 1 is 0.900 bits per heavy atom. The van der Waals surface area contributed by atoms with Crippen LogP contribution in [0.5, 0.6) is 0 Å². The van der Waals surface area contributed by atoms with Crippen molar-refractivity contribution in [3.05, 3.63) is 0 Å². The van der Waals surface area contributed by atoms with E-state index < -0.39 is 17.8 Å². The minimum absolute atomic E-state index is 0.0350. The summed E-state index contributed by atoms with van der Waals surface area (Å²) in [4.78, 5) is 21.7. The third-order valence-electron chi connectivity index (χ3n) is 3.70. The molecule has 4 nitrogen and oxygen atoms in total. The van der Waals surface area contributed by atoms with Crippen molar-refractivity contribution in [2.45, 2.75) is 84.0 Å². The van der Waals surface area contributed by atoms with E-state index in [0.717, 1.165) is 19.3 Å². The lowest BCUT2D eigenvalue weighted by atomic mass is 9.97. The molecule has 0 aromatic heterocycles. The van der Waals surface area contributed by atoms with E-state index in [-0.39, 0.29) is 6.42 Å². The molecule has 3 N–H and O–H groups in total. The zero-order valence-corrected chi connectivity index (χ0v) is 12.9.